The minimum Gasteiger partial charge on any atom is -0.493 e. The van der Waals surface area contributed by atoms with Gasteiger partial charge in [-0.25, -0.2) is 9.97 Å². The third kappa shape index (κ3) is 8.40. The summed E-state index contributed by atoms with van der Waals surface area (Å²) in [6.07, 6.45) is 8.07. The number of nitrogens with one attached hydrogen (secondary N) is 2. The van der Waals surface area contributed by atoms with E-state index in [9.17, 15) is 4.57 Å². The Bertz CT molecular complexity index is 3270. The van der Waals surface area contributed by atoms with E-state index in [-0.39, 0.29) is 13.2 Å². The van der Waals surface area contributed by atoms with Gasteiger partial charge in [0.25, 0.3) is 0 Å². The topological polar surface area (TPSA) is 148 Å². The number of fused-ring (bicyclic) bond motifs is 8. The van der Waals surface area contributed by atoms with Gasteiger partial charge in [0, 0.05) is 44.3 Å². The molecule has 13 nitrogen and oxygen atoms in total. The average molecular weight is 931 g/mol. The lowest BCUT2D eigenvalue weighted by Crippen LogP contribution is -2.10. The molecule has 2 aliphatic heterocycles. The van der Waals surface area contributed by atoms with Gasteiger partial charge in [0.05, 0.1) is 84.0 Å². The normalized spacial score (nSPS) is 12.0. The summed E-state index contributed by atoms with van der Waals surface area (Å²) in [5.41, 5.74) is 12.6. The minimum atomic E-state index is -3.57. The van der Waals surface area contributed by atoms with Crippen LogP contribution < -0.4 is 33.7 Å². The number of methoxy groups -OCH3 is 6. The van der Waals surface area contributed by atoms with Crippen molar-refractivity contribution in [1.29, 1.82) is 0 Å². The highest BCUT2D eigenvalue weighted by atomic mass is 31.2. The zero-order valence-electron chi connectivity index (χ0n) is 39.1. The number of nitrogens with zero attached hydrogens (tertiary/aromatic N) is 2. The zero-order valence-corrected chi connectivity index (χ0v) is 39.9. The molecule has 4 aromatic carbocycles. The maximum absolute atomic E-state index is 13.9. The number of hydrogen-bond acceptors (Lipinski definition) is 11. The number of aromatic nitrogens is 4. The third-order valence-electron chi connectivity index (χ3n) is 11.8. The molecule has 14 heteroatoms. The number of ether oxygens (including phenoxy) is 6. The predicted octanol–water partition coefficient (Wildman–Crippen LogP) is 12.3. The van der Waals surface area contributed by atoms with Crippen LogP contribution in [0.1, 0.15) is 36.6 Å². The van der Waals surface area contributed by atoms with Gasteiger partial charge < -0.3 is 47.4 Å². The lowest BCUT2D eigenvalue weighted by molar-refractivity contribution is 0.230. The first-order chi connectivity index (χ1) is 33.2. The molecule has 0 amide bonds. The Morgan fingerprint density at radius 3 is 0.985 bits per heavy atom. The summed E-state index contributed by atoms with van der Waals surface area (Å²) in [4.78, 5) is 18.4. The molecule has 0 radical (unpaired) electrons. The van der Waals surface area contributed by atoms with Crippen LogP contribution in [-0.2, 0) is 13.6 Å². The summed E-state index contributed by atoms with van der Waals surface area (Å²) in [6, 6.07) is 33.1. The van der Waals surface area contributed by atoms with Crippen molar-refractivity contribution in [3.05, 3.63) is 126 Å². The van der Waals surface area contributed by atoms with Crippen LogP contribution >= 0.6 is 7.60 Å². The van der Waals surface area contributed by atoms with Crippen molar-refractivity contribution >= 4 is 59.3 Å². The van der Waals surface area contributed by atoms with Crippen molar-refractivity contribution in [2.45, 2.75) is 13.8 Å². The first-order valence-electron chi connectivity index (χ1n) is 22.0. The highest BCUT2D eigenvalue weighted by molar-refractivity contribution is 7.62. The molecular weight excluding hydrogens is 880 g/mol. The fraction of sp³-hybridized carbons (Fsp3) is 0.185. The van der Waals surface area contributed by atoms with Gasteiger partial charge in [0.2, 0.25) is 0 Å². The number of aromatic amines is 2. The summed E-state index contributed by atoms with van der Waals surface area (Å²) in [6.45, 7) is 4.06. The third-order valence-corrected chi connectivity index (χ3v) is 14.0. The SMILES string of the molecule is CCOP(=O)(OCC)c1ccc(-c2c3nc(c(-c4ccc(OC)c(OC)c4)c4ccc([nH]4)c(-c4ccc(OC)c(OC)c4)c4nc(c(-c5ccc(OC)c(OC)c5)c5ccc2[nH]5)C=C4)C=C3)cc1. The van der Waals surface area contributed by atoms with Gasteiger partial charge >= 0.3 is 7.60 Å². The Morgan fingerprint density at radius 1 is 0.397 bits per heavy atom. The molecule has 0 spiro atoms. The second-order valence-corrected chi connectivity index (χ2v) is 17.6. The van der Waals surface area contributed by atoms with Gasteiger partial charge in [-0.2, -0.15) is 0 Å². The molecule has 0 atom stereocenters. The van der Waals surface area contributed by atoms with Crippen molar-refractivity contribution in [2.75, 3.05) is 55.9 Å². The van der Waals surface area contributed by atoms with Crippen LogP contribution in [0.2, 0.25) is 0 Å². The zero-order chi connectivity index (χ0) is 47.5. The molecule has 0 unspecified atom stereocenters. The monoisotopic (exact) mass is 930 g/mol. The molecule has 8 bridgehead atoms. The largest absolute Gasteiger partial charge is 0.493 e. The average Bonchev–Trinajstić information content (AvgIpc) is 4.23. The van der Waals surface area contributed by atoms with E-state index in [0.717, 1.165) is 66.6 Å². The molecule has 0 aliphatic carbocycles. The van der Waals surface area contributed by atoms with Gasteiger partial charge in [-0.3, -0.25) is 4.57 Å². The standard InChI is InChI=1S/C54H51N4O9P/c1-9-66-68(59,67-10-2)36-16-11-32(12-17-36)51-37-18-20-39(55-37)52(33-13-26-45(60-3)48(29-33)63-6)41-22-24-43(57-41)54(35-15-28-47(62-5)50(31-35)65-8)44-25-23-42(58-44)53(40-21-19-38(51)56-40)34-14-27-46(61-4)49(30-34)64-7/h11-31,55,58H,9-10H2,1-8H3. The van der Waals surface area contributed by atoms with E-state index in [4.69, 9.17) is 47.4 Å². The molecule has 0 fully saturated rings. The molecule has 3 aromatic heterocycles. The van der Waals surface area contributed by atoms with Gasteiger partial charge in [0.15, 0.2) is 34.5 Å². The van der Waals surface area contributed by atoms with E-state index >= 15 is 0 Å². The predicted molar refractivity (Wildman–Crippen MR) is 270 cm³/mol. The number of benzene rings is 4. The minimum absolute atomic E-state index is 0.233. The molecule has 2 aliphatic rings. The van der Waals surface area contributed by atoms with Gasteiger partial charge in [0.1, 0.15) is 0 Å². The van der Waals surface area contributed by atoms with Crippen LogP contribution in [0.3, 0.4) is 0 Å². The van der Waals surface area contributed by atoms with Crippen LogP contribution in [0, 0.1) is 0 Å². The molecule has 346 valence electrons. The highest BCUT2D eigenvalue weighted by Crippen LogP contribution is 2.48. The van der Waals surface area contributed by atoms with Crippen molar-refractivity contribution in [3.63, 3.8) is 0 Å². The van der Waals surface area contributed by atoms with E-state index in [0.29, 0.717) is 62.6 Å². The second-order valence-electron chi connectivity index (χ2n) is 15.6. The molecular formula is C54H51N4O9P. The maximum Gasteiger partial charge on any atom is 0.361 e. The Morgan fingerprint density at radius 2 is 0.691 bits per heavy atom. The van der Waals surface area contributed by atoms with E-state index in [1.807, 2.05) is 103 Å². The lowest BCUT2D eigenvalue weighted by Gasteiger charge is -2.17. The van der Waals surface area contributed by atoms with Crippen molar-refractivity contribution in [2.24, 2.45) is 0 Å². The summed E-state index contributed by atoms with van der Waals surface area (Å²) in [7, 11) is 6.15. The second kappa shape index (κ2) is 19.3. The van der Waals surface area contributed by atoms with Gasteiger partial charge in [-0.15, -0.1) is 0 Å². The molecule has 7 aromatic rings. The quantitative estimate of drug-likeness (QED) is 0.0946. The van der Waals surface area contributed by atoms with Crippen LogP contribution in [0.4, 0.5) is 0 Å². The fourth-order valence-electron chi connectivity index (χ4n) is 8.73. The van der Waals surface area contributed by atoms with Gasteiger partial charge in [-0.1, -0.05) is 30.3 Å². The summed E-state index contributed by atoms with van der Waals surface area (Å²) in [5.74, 6) is 3.51. The van der Waals surface area contributed by atoms with Crippen molar-refractivity contribution < 1.29 is 42.0 Å². The van der Waals surface area contributed by atoms with E-state index < -0.39 is 7.60 Å². The van der Waals surface area contributed by atoms with Crippen LogP contribution in [0.15, 0.2) is 103 Å². The van der Waals surface area contributed by atoms with E-state index in [1.165, 1.54) is 0 Å². The van der Waals surface area contributed by atoms with Crippen LogP contribution in [0.5, 0.6) is 34.5 Å². The fourth-order valence-corrected chi connectivity index (χ4v) is 10.3. The Hall–Kier alpha value is -7.57. The highest BCUT2D eigenvalue weighted by Gasteiger charge is 2.27. The Kier molecular flexibility index (Phi) is 13.0. The van der Waals surface area contributed by atoms with E-state index in [1.54, 1.807) is 68.6 Å². The molecule has 2 N–H and O–H groups in total. The molecule has 0 saturated heterocycles. The van der Waals surface area contributed by atoms with Crippen molar-refractivity contribution in [1.82, 2.24) is 19.9 Å². The van der Waals surface area contributed by atoms with Gasteiger partial charge in [-0.05, 0) is 133 Å². The Labute approximate surface area is 394 Å². The number of H-pyrrole nitrogens is 2. The molecule has 5 heterocycles. The smallest absolute Gasteiger partial charge is 0.361 e. The Balaban J connectivity index is 1.43. The van der Waals surface area contributed by atoms with Crippen LogP contribution in [0.25, 0.3) is 90.9 Å². The van der Waals surface area contributed by atoms with Crippen molar-refractivity contribution in [3.8, 4) is 79.0 Å². The lowest BCUT2D eigenvalue weighted by atomic mass is 10.0. The first-order valence-corrected chi connectivity index (χ1v) is 23.6. The summed E-state index contributed by atoms with van der Waals surface area (Å²) < 4.78 is 59.8. The first kappa shape index (κ1) is 45.6. The molecule has 0 saturated carbocycles. The number of hydrogen-bond donors (Lipinski definition) is 2. The summed E-state index contributed by atoms with van der Waals surface area (Å²) in [5, 5.41) is 0.458. The maximum atomic E-state index is 13.9. The summed E-state index contributed by atoms with van der Waals surface area (Å²) >= 11 is 0. The number of rotatable bonds is 15. The molecule has 9 rings (SSSR count). The molecule has 68 heavy (non-hydrogen) atoms. The van der Waals surface area contributed by atoms with E-state index in [2.05, 4.69) is 22.1 Å². The van der Waals surface area contributed by atoms with Crippen LogP contribution in [-0.4, -0.2) is 75.8 Å².